The summed E-state index contributed by atoms with van der Waals surface area (Å²) in [4.78, 5) is 12.6. The lowest BCUT2D eigenvalue weighted by Crippen LogP contribution is -2.06. The standard InChI is InChI=1S/C14H12N4OS/c15-13-11-6-1-2-7-12(11)17-14(18-13)20(19)9-10-5-3-4-8-16-10/h1-8H,9H2,(H2,15,17,18). The Morgan fingerprint density at radius 2 is 1.85 bits per heavy atom. The minimum atomic E-state index is -1.37. The van der Waals surface area contributed by atoms with E-state index in [1.165, 1.54) is 0 Å². The van der Waals surface area contributed by atoms with Gasteiger partial charge in [-0.05, 0) is 24.3 Å². The van der Waals surface area contributed by atoms with Crippen LogP contribution in [0.1, 0.15) is 5.69 Å². The Morgan fingerprint density at radius 3 is 2.65 bits per heavy atom. The maximum Gasteiger partial charge on any atom is 0.221 e. The van der Waals surface area contributed by atoms with E-state index < -0.39 is 10.8 Å². The molecule has 3 rings (SSSR count). The van der Waals surface area contributed by atoms with Crippen molar-refractivity contribution in [2.24, 2.45) is 0 Å². The molecule has 0 spiro atoms. The van der Waals surface area contributed by atoms with Crippen LogP contribution >= 0.6 is 0 Å². The maximum absolute atomic E-state index is 12.3. The molecule has 5 nitrogen and oxygen atoms in total. The zero-order valence-electron chi connectivity index (χ0n) is 10.6. The summed E-state index contributed by atoms with van der Waals surface area (Å²) in [5.41, 5.74) is 7.32. The van der Waals surface area contributed by atoms with Crippen LogP contribution in [0.25, 0.3) is 10.9 Å². The number of benzene rings is 1. The molecule has 2 N–H and O–H groups in total. The SMILES string of the molecule is Nc1nc(S(=O)Cc2ccccn2)nc2ccccc12. The van der Waals surface area contributed by atoms with Crippen LogP contribution in [-0.4, -0.2) is 19.2 Å². The zero-order chi connectivity index (χ0) is 13.9. The highest BCUT2D eigenvalue weighted by molar-refractivity contribution is 7.84. The van der Waals surface area contributed by atoms with Crippen LogP contribution in [0.2, 0.25) is 0 Å². The predicted octanol–water partition coefficient (Wildman–Crippen LogP) is 1.91. The van der Waals surface area contributed by atoms with Crippen molar-refractivity contribution in [2.45, 2.75) is 10.9 Å². The minimum absolute atomic E-state index is 0.242. The second-order valence-electron chi connectivity index (χ2n) is 4.22. The second kappa shape index (κ2) is 5.34. The van der Waals surface area contributed by atoms with E-state index in [1.54, 1.807) is 6.20 Å². The summed E-state index contributed by atoms with van der Waals surface area (Å²) >= 11 is 0. The Labute approximate surface area is 118 Å². The van der Waals surface area contributed by atoms with E-state index in [0.29, 0.717) is 11.3 Å². The van der Waals surface area contributed by atoms with Crippen molar-refractivity contribution in [3.8, 4) is 0 Å². The van der Waals surface area contributed by atoms with E-state index in [4.69, 9.17) is 5.73 Å². The number of fused-ring (bicyclic) bond motifs is 1. The number of hydrogen-bond donors (Lipinski definition) is 1. The van der Waals surface area contributed by atoms with Crippen molar-refractivity contribution >= 4 is 27.5 Å². The first-order valence-electron chi connectivity index (χ1n) is 6.04. The molecular weight excluding hydrogens is 272 g/mol. The maximum atomic E-state index is 12.3. The molecular formula is C14H12N4OS. The van der Waals surface area contributed by atoms with Crippen LogP contribution in [0, 0.1) is 0 Å². The molecule has 100 valence electrons. The average molecular weight is 284 g/mol. The molecule has 1 aromatic carbocycles. The third-order valence-electron chi connectivity index (χ3n) is 2.82. The molecule has 0 aliphatic heterocycles. The third kappa shape index (κ3) is 2.50. The summed E-state index contributed by atoms with van der Waals surface area (Å²) in [6.07, 6.45) is 1.67. The van der Waals surface area contributed by atoms with Crippen LogP contribution in [0.5, 0.6) is 0 Å². The molecule has 0 radical (unpaired) electrons. The van der Waals surface area contributed by atoms with Crippen LogP contribution in [0.3, 0.4) is 0 Å². The lowest BCUT2D eigenvalue weighted by atomic mass is 10.2. The fourth-order valence-electron chi connectivity index (χ4n) is 1.86. The number of aromatic nitrogens is 3. The average Bonchev–Trinajstić information content (AvgIpc) is 2.48. The van der Waals surface area contributed by atoms with Gasteiger partial charge in [0.1, 0.15) is 5.82 Å². The van der Waals surface area contributed by atoms with Gasteiger partial charge in [-0.1, -0.05) is 18.2 Å². The Kier molecular flexibility index (Phi) is 3.39. The zero-order valence-corrected chi connectivity index (χ0v) is 11.4. The van der Waals surface area contributed by atoms with E-state index in [-0.39, 0.29) is 10.9 Å². The molecule has 0 aliphatic rings. The molecule has 0 amide bonds. The smallest absolute Gasteiger partial charge is 0.221 e. The minimum Gasteiger partial charge on any atom is -0.383 e. The van der Waals surface area contributed by atoms with E-state index in [2.05, 4.69) is 15.0 Å². The summed E-state index contributed by atoms with van der Waals surface area (Å²) in [5, 5.41) is 1.01. The normalized spacial score (nSPS) is 12.4. The topological polar surface area (TPSA) is 81.8 Å². The lowest BCUT2D eigenvalue weighted by molar-refractivity contribution is 0.675. The highest BCUT2D eigenvalue weighted by Gasteiger charge is 2.12. The number of hydrogen-bond acceptors (Lipinski definition) is 5. The molecule has 20 heavy (non-hydrogen) atoms. The number of rotatable bonds is 3. The van der Waals surface area contributed by atoms with Gasteiger partial charge in [0.25, 0.3) is 0 Å². The van der Waals surface area contributed by atoms with E-state index in [0.717, 1.165) is 11.1 Å². The number of pyridine rings is 1. The van der Waals surface area contributed by atoms with E-state index in [1.807, 2.05) is 42.5 Å². The van der Waals surface area contributed by atoms with Gasteiger partial charge in [-0.15, -0.1) is 0 Å². The summed E-state index contributed by atoms with van der Waals surface area (Å²) in [7, 11) is -1.37. The largest absolute Gasteiger partial charge is 0.383 e. The van der Waals surface area contributed by atoms with Gasteiger partial charge in [0, 0.05) is 11.6 Å². The number of nitrogen functional groups attached to an aromatic ring is 1. The first kappa shape index (κ1) is 12.7. The van der Waals surface area contributed by atoms with Gasteiger partial charge in [0.2, 0.25) is 5.16 Å². The fraction of sp³-hybridized carbons (Fsp3) is 0.0714. The third-order valence-corrected chi connectivity index (χ3v) is 3.97. The monoisotopic (exact) mass is 284 g/mol. The lowest BCUT2D eigenvalue weighted by Gasteiger charge is -2.05. The van der Waals surface area contributed by atoms with Gasteiger partial charge in [-0.3, -0.25) is 9.19 Å². The molecule has 0 bridgehead atoms. The molecule has 2 heterocycles. The summed E-state index contributed by atoms with van der Waals surface area (Å²) in [6, 6.07) is 12.9. The number of para-hydroxylation sites is 1. The Morgan fingerprint density at radius 1 is 1.05 bits per heavy atom. The van der Waals surface area contributed by atoms with Crippen LogP contribution in [0.4, 0.5) is 5.82 Å². The first-order chi connectivity index (χ1) is 9.74. The number of nitrogens with zero attached hydrogens (tertiary/aromatic N) is 3. The first-order valence-corrected chi connectivity index (χ1v) is 7.36. The molecule has 1 atom stereocenters. The quantitative estimate of drug-likeness (QED) is 0.743. The van der Waals surface area contributed by atoms with Crippen molar-refractivity contribution < 1.29 is 4.21 Å². The summed E-state index contributed by atoms with van der Waals surface area (Å²) < 4.78 is 12.3. The van der Waals surface area contributed by atoms with Crippen molar-refractivity contribution in [1.82, 2.24) is 15.0 Å². The van der Waals surface area contributed by atoms with Crippen molar-refractivity contribution in [3.63, 3.8) is 0 Å². The van der Waals surface area contributed by atoms with Gasteiger partial charge in [0.05, 0.1) is 27.8 Å². The molecule has 2 aromatic heterocycles. The number of nitrogens with two attached hydrogens (primary N) is 1. The predicted molar refractivity (Wildman–Crippen MR) is 78.3 cm³/mol. The van der Waals surface area contributed by atoms with Crippen molar-refractivity contribution in [3.05, 3.63) is 54.4 Å². The summed E-state index contributed by atoms with van der Waals surface area (Å²) in [6.45, 7) is 0. The molecule has 3 aromatic rings. The van der Waals surface area contributed by atoms with Gasteiger partial charge in [-0.2, -0.15) is 0 Å². The molecule has 6 heteroatoms. The molecule has 0 aliphatic carbocycles. The van der Waals surface area contributed by atoms with Crippen molar-refractivity contribution in [1.29, 1.82) is 0 Å². The van der Waals surface area contributed by atoms with Crippen LogP contribution < -0.4 is 5.73 Å². The van der Waals surface area contributed by atoms with Gasteiger partial charge in [0.15, 0.2) is 0 Å². The van der Waals surface area contributed by atoms with Crippen LogP contribution in [0.15, 0.2) is 53.8 Å². The van der Waals surface area contributed by atoms with Crippen molar-refractivity contribution in [2.75, 3.05) is 5.73 Å². The Balaban J connectivity index is 1.96. The van der Waals surface area contributed by atoms with Gasteiger partial charge in [-0.25, -0.2) is 9.97 Å². The van der Waals surface area contributed by atoms with Gasteiger partial charge >= 0.3 is 0 Å². The highest BCUT2D eigenvalue weighted by Crippen LogP contribution is 2.19. The fourth-order valence-corrected chi connectivity index (χ4v) is 2.83. The summed E-state index contributed by atoms with van der Waals surface area (Å²) in [5.74, 6) is 0.624. The molecule has 0 saturated carbocycles. The number of anilines is 1. The Bertz CT molecular complexity index is 776. The molecule has 1 unspecified atom stereocenters. The molecule has 0 fully saturated rings. The van der Waals surface area contributed by atoms with E-state index >= 15 is 0 Å². The van der Waals surface area contributed by atoms with Gasteiger partial charge < -0.3 is 5.73 Å². The van der Waals surface area contributed by atoms with E-state index in [9.17, 15) is 4.21 Å². The molecule has 0 saturated heterocycles. The Hall–Kier alpha value is -2.34. The highest BCUT2D eigenvalue weighted by atomic mass is 32.2. The second-order valence-corrected chi connectivity index (χ2v) is 5.56. The van der Waals surface area contributed by atoms with Crippen LogP contribution in [-0.2, 0) is 16.6 Å².